The van der Waals surface area contributed by atoms with E-state index in [-0.39, 0.29) is 5.91 Å². The molecule has 1 aromatic heterocycles. The lowest BCUT2D eigenvalue weighted by Gasteiger charge is -2.31. The van der Waals surface area contributed by atoms with Gasteiger partial charge < -0.3 is 15.5 Å². The van der Waals surface area contributed by atoms with Crippen molar-refractivity contribution < 1.29 is 9.21 Å². The summed E-state index contributed by atoms with van der Waals surface area (Å²) in [5.41, 5.74) is 5.49. The first-order valence-corrected chi connectivity index (χ1v) is 6.30. The highest BCUT2D eigenvalue weighted by atomic mass is 16.3. The van der Waals surface area contributed by atoms with E-state index in [2.05, 4.69) is 5.32 Å². The Kier molecular flexibility index (Phi) is 3.84. The first-order valence-electron chi connectivity index (χ1n) is 6.30. The molecule has 94 valence electrons. The first-order chi connectivity index (χ1) is 8.21. The van der Waals surface area contributed by atoms with Crippen LogP contribution in [0.3, 0.4) is 0 Å². The van der Waals surface area contributed by atoms with Gasteiger partial charge in [-0.3, -0.25) is 4.79 Å². The summed E-state index contributed by atoms with van der Waals surface area (Å²) in [4.78, 5) is 12.0. The molecule has 4 nitrogen and oxygen atoms in total. The molecule has 0 saturated heterocycles. The van der Waals surface area contributed by atoms with Gasteiger partial charge in [0.05, 0.1) is 11.8 Å². The van der Waals surface area contributed by atoms with Gasteiger partial charge in [0.25, 0.3) is 0 Å². The van der Waals surface area contributed by atoms with Crippen LogP contribution in [0.25, 0.3) is 0 Å². The number of amides is 1. The number of rotatable bonds is 4. The highest BCUT2D eigenvalue weighted by Gasteiger charge is 2.34. The third kappa shape index (κ3) is 3.09. The summed E-state index contributed by atoms with van der Waals surface area (Å²) in [6.07, 6.45) is 7.28. The van der Waals surface area contributed by atoms with Crippen LogP contribution in [0.2, 0.25) is 0 Å². The van der Waals surface area contributed by atoms with Gasteiger partial charge >= 0.3 is 0 Å². The zero-order valence-corrected chi connectivity index (χ0v) is 10.1. The van der Waals surface area contributed by atoms with Crippen LogP contribution in [0.5, 0.6) is 0 Å². The fourth-order valence-corrected chi connectivity index (χ4v) is 2.34. The van der Waals surface area contributed by atoms with Crippen molar-refractivity contribution in [1.82, 2.24) is 5.32 Å². The summed E-state index contributed by atoms with van der Waals surface area (Å²) in [5, 5.41) is 2.91. The van der Waals surface area contributed by atoms with Gasteiger partial charge in [-0.05, 0) is 25.0 Å². The normalized spacial score (nSPS) is 18.9. The maximum absolute atomic E-state index is 12.0. The van der Waals surface area contributed by atoms with Crippen molar-refractivity contribution in [3.8, 4) is 0 Å². The van der Waals surface area contributed by atoms with Crippen LogP contribution in [-0.2, 0) is 11.2 Å². The Hall–Kier alpha value is -1.29. The van der Waals surface area contributed by atoms with E-state index in [0.29, 0.717) is 6.54 Å². The van der Waals surface area contributed by atoms with E-state index >= 15 is 0 Å². The summed E-state index contributed by atoms with van der Waals surface area (Å²) < 4.78 is 5.20. The van der Waals surface area contributed by atoms with E-state index in [1.54, 1.807) is 6.26 Å². The van der Waals surface area contributed by atoms with Crippen LogP contribution in [0.15, 0.2) is 22.8 Å². The average molecular weight is 236 g/mol. The molecule has 0 aliphatic heterocycles. The third-order valence-corrected chi connectivity index (χ3v) is 3.44. The molecule has 0 radical (unpaired) electrons. The number of furan rings is 1. The highest BCUT2D eigenvalue weighted by Crippen LogP contribution is 2.25. The standard InChI is InChI=1S/C13H20N2O2/c14-13(7-2-1-3-8-13)12(16)15-9-6-11-5-4-10-17-11/h4-5,10H,1-3,6-9,14H2,(H,15,16). The predicted octanol–water partition coefficient (Wildman–Crippen LogP) is 1.60. The molecule has 0 aromatic carbocycles. The largest absolute Gasteiger partial charge is 0.469 e. The van der Waals surface area contributed by atoms with Crippen molar-refractivity contribution in [3.05, 3.63) is 24.2 Å². The molecule has 1 amide bonds. The molecule has 1 heterocycles. The minimum atomic E-state index is -0.637. The van der Waals surface area contributed by atoms with Gasteiger partial charge in [0.2, 0.25) is 5.91 Å². The third-order valence-electron chi connectivity index (χ3n) is 3.44. The topological polar surface area (TPSA) is 68.3 Å². The van der Waals surface area contributed by atoms with Gasteiger partial charge in [-0.25, -0.2) is 0 Å². The minimum absolute atomic E-state index is 0.0104. The SMILES string of the molecule is NC1(C(=O)NCCc2ccco2)CCCCC1. The highest BCUT2D eigenvalue weighted by molar-refractivity contribution is 5.86. The smallest absolute Gasteiger partial charge is 0.240 e. The second-order valence-corrected chi connectivity index (χ2v) is 4.80. The minimum Gasteiger partial charge on any atom is -0.469 e. The fraction of sp³-hybridized carbons (Fsp3) is 0.615. The first kappa shape index (κ1) is 12.2. The lowest BCUT2D eigenvalue weighted by molar-refractivity contribution is -0.127. The van der Waals surface area contributed by atoms with Gasteiger partial charge in [0.15, 0.2) is 0 Å². The van der Waals surface area contributed by atoms with E-state index in [1.165, 1.54) is 6.42 Å². The molecule has 17 heavy (non-hydrogen) atoms. The van der Waals surface area contributed by atoms with Crippen LogP contribution < -0.4 is 11.1 Å². The molecule has 4 heteroatoms. The molecule has 0 atom stereocenters. The van der Waals surface area contributed by atoms with Crippen LogP contribution >= 0.6 is 0 Å². The number of nitrogens with two attached hydrogens (primary N) is 1. The van der Waals surface area contributed by atoms with Crippen LogP contribution in [-0.4, -0.2) is 18.0 Å². The number of carbonyl (C=O) groups is 1. The predicted molar refractivity (Wildman–Crippen MR) is 65.4 cm³/mol. The Bertz CT molecular complexity index is 354. The van der Waals surface area contributed by atoms with Crippen molar-refractivity contribution >= 4 is 5.91 Å². The van der Waals surface area contributed by atoms with Gasteiger partial charge in [-0.15, -0.1) is 0 Å². The van der Waals surface area contributed by atoms with Gasteiger partial charge in [-0.1, -0.05) is 19.3 Å². The summed E-state index contributed by atoms with van der Waals surface area (Å²) in [6.45, 7) is 0.589. The van der Waals surface area contributed by atoms with E-state index in [0.717, 1.165) is 37.9 Å². The van der Waals surface area contributed by atoms with Gasteiger partial charge in [-0.2, -0.15) is 0 Å². The molecular formula is C13H20N2O2. The van der Waals surface area contributed by atoms with Crippen LogP contribution in [0.1, 0.15) is 37.9 Å². The van der Waals surface area contributed by atoms with Crippen molar-refractivity contribution in [3.63, 3.8) is 0 Å². The van der Waals surface area contributed by atoms with E-state index in [1.807, 2.05) is 12.1 Å². The van der Waals surface area contributed by atoms with Gasteiger partial charge in [0.1, 0.15) is 5.76 Å². The zero-order valence-electron chi connectivity index (χ0n) is 10.1. The summed E-state index contributed by atoms with van der Waals surface area (Å²) in [5.74, 6) is 0.878. The summed E-state index contributed by atoms with van der Waals surface area (Å²) in [6, 6.07) is 3.76. The maximum Gasteiger partial charge on any atom is 0.240 e. The second kappa shape index (κ2) is 5.36. The Balaban J connectivity index is 1.76. The number of hydrogen-bond acceptors (Lipinski definition) is 3. The molecule has 1 aliphatic rings. The molecule has 1 aliphatic carbocycles. The Morgan fingerprint density at radius 2 is 2.18 bits per heavy atom. The lowest BCUT2D eigenvalue weighted by Crippen LogP contribution is -2.55. The number of carbonyl (C=O) groups excluding carboxylic acids is 1. The zero-order chi connectivity index (χ0) is 12.1. The van der Waals surface area contributed by atoms with E-state index in [4.69, 9.17) is 10.2 Å². The fourth-order valence-electron chi connectivity index (χ4n) is 2.34. The van der Waals surface area contributed by atoms with Crippen molar-refractivity contribution in [2.75, 3.05) is 6.54 Å². The molecule has 1 fully saturated rings. The molecule has 3 N–H and O–H groups in total. The number of nitrogens with one attached hydrogen (secondary N) is 1. The van der Waals surface area contributed by atoms with Crippen LogP contribution in [0, 0.1) is 0 Å². The summed E-state index contributed by atoms with van der Waals surface area (Å²) >= 11 is 0. The van der Waals surface area contributed by atoms with E-state index in [9.17, 15) is 4.79 Å². The Labute approximate surface area is 102 Å². The van der Waals surface area contributed by atoms with Crippen molar-refractivity contribution in [2.45, 2.75) is 44.1 Å². The molecule has 0 spiro atoms. The monoisotopic (exact) mass is 236 g/mol. The van der Waals surface area contributed by atoms with Crippen LogP contribution in [0.4, 0.5) is 0 Å². The Morgan fingerprint density at radius 1 is 1.41 bits per heavy atom. The average Bonchev–Trinajstić information content (AvgIpc) is 2.83. The van der Waals surface area contributed by atoms with Crippen molar-refractivity contribution in [2.24, 2.45) is 5.73 Å². The van der Waals surface area contributed by atoms with E-state index < -0.39 is 5.54 Å². The quantitative estimate of drug-likeness (QED) is 0.834. The lowest BCUT2D eigenvalue weighted by atomic mass is 9.82. The molecule has 2 rings (SSSR count). The maximum atomic E-state index is 12.0. The molecule has 0 bridgehead atoms. The second-order valence-electron chi connectivity index (χ2n) is 4.80. The Morgan fingerprint density at radius 3 is 2.82 bits per heavy atom. The van der Waals surface area contributed by atoms with Gasteiger partial charge in [0, 0.05) is 13.0 Å². The molecule has 1 aromatic rings. The van der Waals surface area contributed by atoms with Crippen molar-refractivity contribution in [1.29, 1.82) is 0 Å². The summed E-state index contributed by atoms with van der Waals surface area (Å²) in [7, 11) is 0. The molecular weight excluding hydrogens is 216 g/mol. The molecule has 0 unspecified atom stereocenters. The number of hydrogen-bond donors (Lipinski definition) is 2. The molecule has 1 saturated carbocycles.